The van der Waals surface area contributed by atoms with E-state index in [1.54, 1.807) is 0 Å². The molecule has 1 aliphatic heterocycles. The van der Waals surface area contributed by atoms with Crippen LogP contribution in [0.2, 0.25) is 0 Å². The summed E-state index contributed by atoms with van der Waals surface area (Å²) in [5.41, 5.74) is 0.282. The highest BCUT2D eigenvalue weighted by Gasteiger charge is 2.49. The molecule has 1 aliphatic carbocycles. The Labute approximate surface area is 86.6 Å². The van der Waals surface area contributed by atoms with Crippen molar-refractivity contribution in [3.63, 3.8) is 0 Å². The van der Waals surface area contributed by atoms with Gasteiger partial charge >= 0.3 is 0 Å². The Morgan fingerprint density at radius 1 is 1.36 bits per heavy atom. The number of aliphatic hydroxyl groups excluding tert-OH is 1. The number of hydrogen-bond acceptors (Lipinski definition) is 2. The molecule has 0 amide bonds. The summed E-state index contributed by atoms with van der Waals surface area (Å²) in [6.45, 7) is 6.25. The van der Waals surface area contributed by atoms with Gasteiger partial charge in [0.25, 0.3) is 0 Å². The Morgan fingerprint density at radius 2 is 2.00 bits per heavy atom. The van der Waals surface area contributed by atoms with Crippen molar-refractivity contribution in [2.24, 2.45) is 5.41 Å². The van der Waals surface area contributed by atoms with Crippen molar-refractivity contribution in [2.45, 2.75) is 70.7 Å². The zero-order valence-electron chi connectivity index (χ0n) is 9.55. The van der Waals surface area contributed by atoms with E-state index in [9.17, 15) is 5.11 Å². The molecule has 0 aromatic carbocycles. The van der Waals surface area contributed by atoms with Crippen LogP contribution in [0.3, 0.4) is 0 Å². The summed E-state index contributed by atoms with van der Waals surface area (Å²) in [5.74, 6) is 0. The first-order chi connectivity index (χ1) is 6.44. The second kappa shape index (κ2) is 3.21. The van der Waals surface area contributed by atoms with Crippen molar-refractivity contribution in [1.82, 2.24) is 0 Å². The smallest absolute Gasteiger partial charge is 0.0631 e. The maximum Gasteiger partial charge on any atom is 0.0631 e. The van der Waals surface area contributed by atoms with Crippen molar-refractivity contribution >= 4 is 0 Å². The van der Waals surface area contributed by atoms with E-state index in [0.717, 1.165) is 12.8 Å². The van der Waals surface area contributed by atoms with Crippen LogP contribution in [0.15, 0.2) is 0 Å². The topological polar surface area (TPSA) is 29.5 Å². The molecular weight excluding hydrogens is 176 g/mol. The highest BCUT2D eigenvalue weighted by atomic mass is 16.5. The van der Waals surface area contributed by atoms with E-state index in [4.69, 9.17) is 4.74 Å². The van der Waals surface area contributed by atoms with E-state index < -0.39 is 0 Å². The second-order valence-corrected chi connectivity index (χ2v) is 5.78. The maximum absolute atomic E-state index is 9.68. The predicted molar refractivity (Wildman–Crippen MR) is 56.2 cm³/mol. The van der Waals surface area contributed by atoms with Crippen LogP contribution in [0.4, 0.5) is 0 Å². The summed E-state index contributed by atoms with van der Waals surface area (Å²) >= 11 is 0. The Morgan fingerprint density at radius 3 is 2.36 bits per heavy atom. The molecule has 2 heteroatoms. The standard InChI is InChI=1S/C12H22O2/c1-9(13)12(6-7-12)8-10-4-5-11(2,3)14-10/h9-10,13H,4-8H2,1-3H3. The predicted octanol–water partition coefficient (Wildman–Crippen LogP) is 2.50. The molecule has 1 N–H and O–H groups in total. The van der Waals surface area contributed by atoms with Gasteiger partial charge in [-0.1, -0.05) is 0 Å². The monoisotopic (exact) mass is 198 g/mol. The lowest BCUT2D eigenvalue weighted by molar-refractivity contribution is -0.0375. The second-order valence-electron chi connectivity index (χ2n) is 5.78. The van der Waals surface area contributed by atoms with Gasteiger partial charge in [-0.3, -0.25) is 0 Å². The molecule has 2 rings (SSSR count). The molecule has 2 atom stereocenters. The van der Waals surface area contributed by atoms with Crippen LogP contribution in [0.5, 0.6) is 0 Å². The van der Waals surface area contributed by atoms with Crippen molar-refractivity contribution in [3.8, 4) is 0 Å². The van der Waals surface area contributed by atoms with Gasteiger partial charge in [0.15, 0.2) is 0 Å². The quantitative estimate of drug-likeness (QED) is 0.755. The van der Waals surface area contributed by atoms with E-state index in [1.807, 2.05) is 6.92 Å². The van der Waals surface area contributed by atoms with E-state index in [2.05, 4.69) is 13.8 Å². The Bertz CT molecular complexity index is 216. The summed E-state index contributed by atoms with van der Waals surface area (Å²) in [7, 11) is 0. The fourth-order valence-electron chi connectivity index (χ4n) is 2.63. The van der Waals surface area contributed by atoms with Gasteiger partial charge in [-0.2, -0.15) is 0 Å². The number of ether oxygens (including phenoxy) is 1. The SMILES string of the molecule is CC(O)C1(CC2CCC(C)(C)O2)CC1. The van der Waals surface area contributed by atoms with Gasteiger partial charge in [-0.25, -0.2) is 0 Å². The average Bonchev–Trinajstić information content (AvgIpc) is 2.74. The van der Waals surface area contributed by atoms with E-state index in [-0.39, 0.29) is 17.1 Å². The van der Waals surface area contributed by atoms with Crippen LogP contribution in [-0.2, 0) is 4.74 Å². The molecule has 2 unspecified atom stereocenters. The Kier molecular flexibility index (Phi) is 2.39. The number of rotatable bonds is 3. The molecule has 1 heterocycles. The first-order valence-electron chi connectivity index (χ1n) is 5.79. The minimum atomic E-state index is -0.158. The van der Waals surface area contributed by atoms with Crippen LogP contribution >= 0.6 is 0 Å². The maximum atomic E-state index is 9.68. The average molecular weight is 198 g/mol. The van der Waals surface area contributed by atoms with Crippen LogP contribution in [0, 0.1) is 5.41 Å². The van der Waals surface area contributed by atoms with Crippen molar-refractivity contribution in [3.05, 3.63) is 0 Å². The number of aliphatic hydroxyl groups is 1. The largest absolute Gasteiger partial charge is 0.393 e. The van der Waals surface area contributed by atoms with Crippen molar-refractivity contribution < 1.29 is 9.84 Å². The zero-order valence-corrected chi connectivity index (χ0v) is 9.55. The van der Waals surface area contributed by atoms with Gasteiger partial charge < -0.3 is 9.84 Å². The molecule has 2 aliphatic rings. The van der Waals surface area contributed by atoms with Gasteiger partial charge in [0, 0.05) is 0 Å². The number of hydrogen-bond donors (Lipinski definition) is 1. The third kappa shape index (κ3) is 1.96. The molecule has 2 nitrogen and oxygen atoms in total. The fraction of sp³-hybridized carbons (Fsp3) is 1.00. The van der Waals surface area contributed by atoms with Gasteiger partial charge in [-0.15, -0.1) is 0 Å². The summed E-state index contributed by atoms with van der Waals surface area (Å²) < 4.78 is 5.96. The first kappa shape index (κ1) is 10.4. The van der Waals surface area contributed by atoms with Crippen LogP contribution in [0.1, 0.15) is 52.9 Å². The van der Waals surface area contributed by atoms with Crippen LogP contribution in [-0.4, -0.2) is 22.9 Å². The molecule has 0 spiro atoms. The van der Waals surface area contributed by atoms with E-state index >= 15 is 0 Å². The first-order valence-corrected chi connectivity index (χ1v) is 5.79. The minimum Gasteiger partial charge on any atom is -0.393 e. The molecule has 14 heavy (non-hydrogen) atoms. The molecule has 0 aromatic rings. The molecule has 0 radical (unpaired) electrons. The van der Waals surface area contributed by atoms with Crippen LogP contribution < -0.4 is 0 Å². The molecular formula is C12H22O2. The van der Waals surface area contributed by atoms with Crippen LogP contribution in [0.25, 0.3) is 0 Å². The van der Waals surface area contributed by atoms with Gasteiger partial charge in [0.2, 0.25) is 0 Å². The molecule has 2 fully saturated rings. The summed E-state index contributed by atoms with van der Waals surface area (Å²) in [4.78, 5) is 0. The summed E-state index contributed by atoms with van der Waals surface area (Å²) in [5, 5.41) is 9.68. The summed E-state index contributed by atoms with van der Waals surface area (Å²) in [6.07, 6.45) is 6.00. The summed E-state index contributed by atoms with van der Waals surface area (Å²) in [6, 6.07) is 0. The fourth-order valence-corrected chi connectivity index (χ4v) is 2.63. The van der Waals surface area contributed by atoms with Gasteiger partial charge in [0.1, 0.15) is 0 Å². The molecule has 0 bridgehead atoms. The zero-order chi connectivity index (χ0) is 10.4. The van der Waals surface area contributed by atoms with Gasteiger partial charge in [-0.05, 0) is 58.3 Å². The molecule has 1 saturated carbocycles. The third-order valence-corrected chi connectivity index (χ3v) is 3.97. The lowest BCUT2D eigenvalue weighted by Gasteiger charge is -2.24. The Balaban J connectivity index is 1.88. The van der Waals surface area contributed by atoms with Crippen molar-refractivity contribution in [1.29, 1.82) is 0 Å². The molecule has 1 saturated heterocycles. The Hall–Kier alpha value is -0.0800. The molecule has 82 valence electrons. The highest BCUT2D eigenvalue weighted by molar-refractivity contribution is 5.00. The lowest BCUT2D eigenvalue weighted by atomic mass is 9.92. The van der Waals surface area contributed by atoms with E-state index in [0.29, 0.717) is 6.10 Å². The highest BCUT2D eigenvalue weighted by Crippen LogP contribution is 2.54. The van der Waals surface area contributed by atoms with E-state index in [1.165, 1.54) is 19.3 Å². The molecule has 0 aromatic heterocycles. The van der Waals surface area contributed by atoms with Gasteiger partial charge in [0.05, 0.1) is 17.8 Å². The minimum absolute atomic E-state index is 0.0689. The normalized spacial score (nSPS) is 35.6. The van der Waals surface area contributed by atoms with Crippen molar-refractivity contribution in [2.75, 3.05) is 0 Å². The lowest BCUT2D eigenvalue weighted by Crippen LogP contribution is -2.26. The third-order valence-electron chi connectivity index (χ3n) is 3.97.